The molecule has 4 heteroatoms. The lowest BCUT2D eigenvalue weighted by molar-refractivity contribution is 0.483. The molecule has 0 fully saturated rings. The highest BCUT2D eigenvalue weighted by Crippen LogP contribution is 2.00. The number of furan rings is 1. The molecule has 0 aromatic carbocycles. The fourth-order valence-electron chi connectivity index (χ4n) is 1.31. The van der Waals surface area contributed by atoms with Crippen LogP contribution in [0.1, 0.15) is 11.3 Å². The fourth-order valence-corrected chi connectivity index (χ4v) is 1.31. The van der Waals surface area contributed by atoms with Gasteiger partial charge in [-0.15, -0.1) is 0 Å². The average Bonchev–Trinajstić information content (AvgIpc) is 2.77. The van der Waals surface area contributed by atoms with Crippen molar-refractivity contribution in [2.24, 2.45) is 7.05 Å². The van der Waals surface area contributed by atoms with Crippen LogP contribution >= 0.6 is 0 Å². The Hall–Kier alpha value is -1.55. The van der Waals surface area contributed by atoms with Crippen LogP contribution in [0.15, 0.2) is 35.2 Å². The number of nitrogens with one attached hydrogen (secondary N) is 1. The normalized spacial score (nSPS) is 10.6. The number of hydrogen-bond acceptors (Lipinski definition) is 3. The van der Waals surface area contributed by atoms with Crippen molar-refractivity contribution in [2.45, 2.75) is 13.1 Å². The van der Waals surface area contributed by atoms with Crippen LogP contribution in [0.2, 0.25) is 0 Å². The van der Waals surface area contributed by atoms with E-state index in [1.54, 1.807) is 10.9 Å². The summed E-state index contributed by atoms with van der Waals surface area (Å²) in [7, 11) is 1.91. The minimum Gasteiger partial charge on any atom is -0.468 e. The molecule has 0 spiro atoms. The van der Waals surface area contributed by atoms with E-state index in [2.05, 4.69) is 10.4 Å². The van der Waals surface area contributed by atoms with Gasteiger partial charge in [0.1, 0.15) is 5.76 Å². The quantitative estimate of drug-likeness (QED) is 0.792. The van der Waals surface area contributed by atoms with Gasteiger partial charge in [-0.25, -0.2) is 0 Å². The van der Waals surface area contributed by atoms with Gasteiger partial charge >= 0.3 is 0 Å². The lowest BCUT2D eigenvalue weighted by atomic mass is 10.3. The zero-order valence-corrected chi connectivity index (χ0v) is 8.10. The minimum atomic E-state index is 0.752. The Morgan fingerprint density at radius 3 is 3.07 bits per heavy atom. The standard InChI is InChI=1S/C10H13N3O/c1-13-8-9(6-12-13)5-11-7-10-3-2-4-14-10/h2-4,6,8,11H,5,7H2,1H3. The first kappa shape index (κ1) is 9.02. The van der Waals surface area contributed by atoms with Crippen molar-refractivity contribution in [3.63, 3.8) is 0 Å². The van der Waals surface area contributed by atoms with E-state index in [0.717, 1.165) is 18.8 Å². The van der Waals surface area contributed by atoms with E-state index in [1.807, 2.05) is 31.6 Å². The van der Waals surface area contributed by atoms with Gasteiger partial charge in [0.15, 0.2) is 0 Å². The number of nitrogens with zero attached hydrogens (tertiary/aromatic N) is 2. The first-order valence-electron chi connectivity index (χ1n) is 4.55. The van der Waals surface area contributed by atoms with Crippen LogP contribution in [0.3, 0.4) is 0 Å². The smallest absolute Gasteiger partial charge is 0.117 e. The van der Waals surface area contributed by atoms with Crippen LogP contribution in [0.25, 0.3) is 0 Å². The van der Waals surface area contributed by atoms with Gasteiger partial charge < -0.3 is 9.73 Å². The molecule has 1 N–H and O–H groups in total. The molecule has 0 unspecified atom stereocenters. The van der Waals surface area contributed by atoms with Crippen molar-refractivity contribution in [1.29, 1.82) is 0 Å². The molecule has 0 aliphatic heterocycles. The molecule has 0 saturated heterocycles. The zero-order chi connectivity index (χ0) is 9.80. The Morgan fingerprint density at radius 1 is 1.50 bits per heavy atom. The highest BCUT2D eigenvalue weighted by molar-refractivity contribution is 5.03. The van der Waals surface area contributed by atoms with Crippen LogP contribution in [-0.4, -0.2) is 9.78 Å². The Balaban J connectivity index is 1.78. The highest BCUT2D eigenvalue weighted by Gasteiger charge is 1.97. The second-order valence-corrected chi connectivity index (χ2v) is 3.21. The molecule has 0 radical (unpaired) electrons. The van der Waals surface area contributed by atoms with Gasteiger partial charge in [0.25, 0.3) is 0 Å². The molecule has 4 nitrogen and oxygen atoms in total. The van der Waals surface area contributed by atoms with Gasteiger partial charge in [-0.05, 0) is 12.1 Å². The molecule has 2 aromatic heterocycles. The summed E-state index contributed by atoms with van der Waals surface area (Å²) < 4.78 is 6.99. The van der Waals surface area contributed by atoms with Crippen molar-refractivity contribution < 1.29 is 4.42 Å². The molecule has 0 saturated carbocycles. The van der Waals surface area contributed by atoms with Crippen LogP contribution < -0.4 is 5.32 Å². The van der Waals surface area contributed by atoms with Crippen LogP contribution in [0.4, 0.5) is 0 Å². The van der Waals surface area contributed by atoms with Gasteiger partial charge in [-0.2, -0.15) is 5.10 Å². The number of hydrogen-bond donors (Lipinski definition) is 1. The molecule has 0 aliphatic rings. The Labute approximate surface area is 82.5 Å². The summed E-state index contributed by atoms with van der Waals surface area (Å²) in [6, 6.07) is 3.84. The first-order chi connectivity index (χ1) is 6.84. The molecule has 0 bridgehead atoms. The predicted octanol–water partition coefficient (Wildman–Crippen LogP) is 1.30. The maximum Gasteiger partial charge on any atom is 0.117 e. The maximum absolute atomic E-state index is 5.19. The summed E-state index contributed by atoms with van der Waals surface area (Å²) in [5.41, 5.74) is 1.18. The van der Waals surface area contributed by atoms with Crippen molar-refractivity contribution in [2.75, 3.05) is 0 Å². The van der Waals surface area contributed by atoms with Crippen molar-refractivity contribution in [3.8, 4) is 0 Å². The van der Waals surface area contributed by atoms with E-state index >= 15 is 0 Å². The summed E-state index contributed by atoms with van der Waals surface area (Å²) in [6.45, 7) is 1.57. The van der Waals surface area contributed by atoms with Crippen molar-refractivity contribution in [1.82, 2.24) is 15.1 Å². The van der Waals surface area contributed by atoms with Crippen LogP contribution in [0, 0.1) is 0 Å². The summed E-state index contributed by atoms with van der Waals surface area (Å²) in [4.78, 5) is 0. The molecule has 0 aliphatic carbocycles. The van der Waals surface area contributed by atoms with E-state index in [-0.39, 0.29) is 0 Å². The van der Waals surface area contributed by atoms with E-state index in [1.165, 1.54) is 5.56 Å². The molecule has 74 valence electrons. The molecular formula is C10H13N3O. The second kappa shape index (κ2) is 4.11. The van der Waals surface area contributed by atoms with Gasteiger partial charge in [0.2, 0.25) is 0 Å². The van der Waals surface area contributed by atoms with E-state index in [4.69, 9.17) is 4.42 Å². The molecule has 14 heavy (non-hydrogen) atoms. The monoisotopic (exact) mass is 191 g/mol. The SMILES string of the molecule is Cn1cc(CNCc2ccco2)cn1. The molecule has 2 aromatic rings. The lowest BCUT2D eigenvalue weighted by Crippen LogP contribution is -2.11. The van der Waals surface area contributed by atoms with Crippen LogP contribution in [0.5, 0.6) is 0 Å². The lowest BCUT2D eigenvalue weighted by Gasteiger charge is -1.98. The highest BCUT2D eigenvalue weighted by atomic mass is 16.3. The molecule has 0 atom stereocenters. The summed E-state index contributed by atoms with van der Waals surface area (Å²) >= 11 is 0. The van der Waals surface area contributed by atoms with Gasteiger partial charge in [0.05, 0.1) is 19.0 Å². The third-order valence-electron chi connectivity index (χ3n) is 1.97. The number of aryl methyl sites for hydroxylation is 1. The molecule has 0 amide bonds. The average molecular weight is 191 g/mol. The first-order valence-corrected chi connectivity index (χ1v) is 4.55. The van der Waals surface area contributed by atoms with Gasteiger partial charge in [-0.1, -0.05) is 0 Å². The zero-order valence-electron chi connectivity index (χ0n) is 8.10. The van der Waals surface area contributed by atoms with Crippen molar-refractivity contribution >= 4 is 0 Å². The largest absolute Gasteiger partial charge is 0.468 e. The Morgan fingerprint density at radius 2 is 2.43 bits per heavy atom. The summed E-state index contributed by atoms with van der Waals surface area (Å²) in [6.07, 6.45) is 5.53. The summed E-state index contributed by atoms with van der Waals surface area (Å²) in [5, 5.41) is 7.36. The molecule has 2 heterocycles. The van der Waals surface area contributed by atoms with Crippen LogP contribution in [-0.2, 0) is 20.1 Å². The van der Waals surface area contributed by atoms with E-state index in [9.17, 15) is 0 Å². The Bertz CT molecular complexity index is 378. The number of aromatic nitrogens is 2. The molecule has 2 rings (SSSR count). The maximum atomic E-state index is 5.19. The van der Waals surface area contributed by atoms with E-state index in [0.29, 0.717) is 0 Å². The second-order valence-electron chi connectivity index (χ2n) is 3.21. The minimum absolute atomic E-state index is 0.752. The number of rotatable bonds is 4. The Kier molecular flexibility index (Phi) is 2.65. The van der Waals surface area contributed by atoms with Gasteiger partial charge in [0, 0.05) is 25.4 Å². The molecular weight excluding hydrogens is 178 g/mol. The van der Waals surface area contributed by atoms with Crippen molar-refractivity contribution in [3.05, 3.63) is 42.1 Å². The fraction of sp³-hybridized carbons (Fsp3) is 0.300. The van der Waals surface area contributed by atoms with E-state index < -0.39 is 0 Å². The topological polar surface area (TPSA) is 43.0 Å². The third kappa shape index (κ3) is 2.23. The summed E-state index contributed by atoms with van der Waals surface area (Å²) in [5.74, 6) is 0.953. The predicted molar refractivity (Wildman–Crippen MR) is 52.5 cm³/mol. The third-order valence-corrected chi connectivity index (χ3v) is 1.97. The van der Waals surface area contributed by atoms with Gasteiger partial charge in [-0.3, -0.25) is 4.68 Å².